The van der Waals surface area contributed by atoms with Gasteiger partial charge < -0.3 is 11.1 Å². The summed E-state index contributed by atoms with van der Waals surface area (Å²) >= 11 is 0. The highest BCUT2D eigenvalue weighted by molar-refractivity contribution is 7.85. The molecule has 2 rings (SSSR count). The molecule has 0 saturated carbocycles. The highest BCUT2D eigenvalue weighted by Crippen LogP contribution is 2.13. The molecule has 0 bridgehead atoms. The van der Waals surface area contributed by atoms with E-state index in [2.05, 4.69) is 5.32 Å². The molecule has 98 valence electrons. The van der Waals surface area contributed by atoms with Crippen LogP contribution >= 0.6 is 0 Å². The monoisotopic (exact) mass is 266 g/mol. The molecule has 1 aliphatic rings. The van der Waals surface area contributed by atoms with Crippen molar-refractivity contribution < 1.29 is 9.00 Å². The van der Waals surface area contributed by atoms with E-state index in [9.17, 15) is 9.00 Å². The number of benzene rings is 1. The first-order valence-electron chi connectivity index (χ1n) is 6.12. The third-order valence-electron chi connectivity index (χ3n) is 3.18. The van der Waals surface area contributed by atoms with Gasteiger partial charge in [0.1, 0.15) is 6.04 Å². The number of hydrogen-bond acceptors (Lipinski definition) is 3. The number of carbonyl (C=O) groups excluding carboxylic acids is 1. The van der Waals surface area contributed by atoms with E-state index in [0.717, 1.165) is 18.4 Å². The van der Waals surface area contributed by atoms with Crippen LogP contribution in [0.2, 0.25) is 0 Å². The molecule has 3 N–H and O–H groups in total. The highest BCUT2D eigenvalue weighted by atomic mass is 32.2. The van der Waals surface area contributed by atoms with Gasteiger partial charge in [-0.15, -0.1) is 0 Å². The molecule has 1 amide bonds. The molecule has 5 heteroatoms. The van der Waals surface area contributed by atoms with Crippen LogP contribution in [0.4, 0.5) is 0 Å². The maximum Gasteiger partial charge on any atom is 0.241 e. The van der Waals surface area contributed by atoms with Crippen molar-refractivity contribution in [2.45, 2.75) is 24.9 Å². The van der Waals surface area contributed by atoms with Gasteiger partial charge in [0.15, 0.2) is 0 Å². The molecule has 0 spiro atoms. The largest absolute Gasteiger partial charge is 0.352 e. The molecule has 1 heterocycles. The lowest BCUT2D eigenvalue weighted by molar-refractivity contribution is -0.123. The minimum absolute atomic E-state index is 0.116. The third kappa shape index (κ3) is 3.40. The summed E-state index contributed by atoms with van der Waals surface area (Å²) in [4.78, 5) is 12.0. The Morgan fingerprint density at radius 2 is 1.89 bits per heavy atom. The van der Waals surface area contributed by atoms with Crippen LogP contribution in [0.25, 0.3) is 0 Å². The minimum Gasteiger partial charge on any atom is -0.352 e. The van der Waals surface area contributed by atoms with E-state index in [1.807, 2.05) is 30.3 Å². The molecule has 0 aliphatic carbocycles. The molecule has 4 nitrogen and oxygen atoms in total. The summed E-state index contributed by atoms with van der Waals surface area (Å²) in [5, 5.41) is 2.94. The number of carbonyl (C=O) groups is 1. The maximum absolute atomic E-state index is 12.0. The minimum atomic E-state index is -0.705. The molecule has 18 heavy (non-hydrogen) atoms. The van der Waals surface area contributed by atoms with E-state index in [4.69, 9.17) is 5.73 Å². The van der Waals surface area contributed by atoms with Crippen LogP contribution in [0.3, 0.4) is 0 Å². The summed E-state index contributed by atoms with van der Waals surface area (Å²) in [6.07, 6.45) is 1.56. The molecule has 1 aromatic carbocycles. The Morgan fingerprint density at radius 1 is 1.28 bits per heavy atom. The van der Waals surface area contributed by atoms with Crippen LogP contribution in [0, 0.1) is 0 Å². The van der Waals surface area contributed by atoms with E-state index in [0.29, 0.717) is 11.5 Å². The van der Waals surface area contributed by atoms with Crippen molar-refractivity contribution in [3.63, 3.8) is 0 Å². The summed E-state index contributed by atoms with van der Waals surface area (Å²) < 4.78 is 11.2. The van der Waals surface area contributed by atoms with Crippen molar-refractivity contribution in [2.75, 3.05) is 11.5 Å². The fourth-order valence-electron chi connectivity index (χ4n) is 2.04. The number of hydrogen-bond donors (Lipinski definition) is 2. The van der Waals surface area contributed by atoms with Gasteiger partial charge in [-0.05, 0) is 18.4 Å². The Labute approximate surface area is 109 Å². The molecule has 1 fully saturated rings. The van der Waals surface area contributed by atoms with Crippen molar-refractivity contribution in [1.29, 1.82) is 0 Å². The lowest BCUT2D eigenvalue weighted by Crippen LogP contribution is -2.43. The molecule has 0 unspecified atom stereocenters. The Kier molecular flexibility index (Phi) is 4.49. The lowest BCUT2D eigenvalue weighted by atomic mass is 10.1. The van der Waals surface area contributed by atoms with Gasteiger partial charge >= 0.3 is 0 Å². The number of amides is 1. The van der Waals surface area contributed by atoms with Crippen molar-refractivity contribution >= 4 is 16.7 Å². The third-order valence-corrected chi connectivity index (χ3v) is 4.56. The van der Waals surface area contributed by atoms with Gasteiger partial charge in [-0.25, -0.2) is 0 Å². The number of nitrogens with one attached hydrogen (secondary N) is 1. The van der Waals surface area contributed by atoms with Gasteiger partial charge in [-0.3, -0.25) is 9.00 Å². The van der Waals surface area contributed by atoms with Gasteiger partial charge in [-0.1, -0.05) is 30.3 Å². The zero-order chi connectivity index (χ0) is 13.0. The van der Waals surface area contributed by atoms with Gasteiger partial charge in [-0.2, -0.15) is 0 Å². The molecule has 0 aromatic heterocycles. The predicted octanol–water partition coefficient (Wildman–Crippen LogP) is 0.714. The fraction of sp³-hybridized carbons (Fsp3) is 0.462. The van der Waals surface area contributed by atoms with Crippen molar-refractivity contribution in [3.05, 3.63) is 35.9 Å². The fourth-order valence-corrected chi connectivity index (χ4v) is 3.34. The Balaban J connectivity index is 1.90. The summed E-state index contributed by atoms with van der Waals surface area (Å²) in [7, 11) is -0.705. The van der Waals surface area contributed by atoms with E-state index in [1.54, 1.807) is 0 Å². The normalized spacial score (nSPS) is 25.4. The summed E-state index contributed by atoms with van der Waals surface area (Å²) in [6.45, 7) is 0. The van der Waals surface area contributed by atoms with E-state index in [-0.39, 0.29) is 11.9 Å². The van der Waals surface area contributed by atoms with Gasteiger partial charge in [0.2, 0.25) is 5.91 Å². The molecular formula is C13H18N2O2S. The van der Waals surface area contributed by atoms with E-state index >= 15 is 0 Å². The highest BCUT2D eigenvalue weighted by Gasteiger charge is 2.22. The Hall–Kier alpha value is -1.20. The Bertz CT molecular complexity index is 426. The van der Waals surface area contributed by atoms with Crippen LogP contribution in [0.1, 0.15) is 24.4 Å². The number of rotatable bonds is 3. The number of nitrogens with two attached hydrogens (primary N) is 1. The first kappa shape index (κ1) is 13.2. The lowest BCUT2D eigenvalue weighted by Gasteiger charge is -2.24. The topological polar surface area (TPSA) is 72.2 Å². The van der Waals surface area contributed by atoms with E-state index in [1.165, 1.54) is 0 Å². The SMILES string of the molecule is N[C@H](C(=O)NC1CCS(=O)CC1)c1ccccc1. The van der Waals surface area contributed by atoms with Crippen molar-refractivity contribution in [2.24, 2.45) is 5.73 Å². The second-order valence-corrected chi connectivity index (χ2v) is 6.22. The molecule has 1 aliphatic heterocycles. The Morgan fingerprint density at radius 3 is 2.50 bits per heavy atom. The van der Waals surface area contributed by atoms with Crippen molar-refractivity contribution in [3.8, 4) is 0 Å². The molecule has 1 saturated heterocycles. The molecule has 0 radical (unpaired) electrons. The zero-order valence-corrected chi connectivity index (χ0v) is 11.0. The molecule has 1 atom stereocenters. The average molecular weight is 266 g/mol. The summed E-state index contributed by atoms with van der Waals surface area (Å²) in [5.41, 5.74) is 6.73. The zero-order valence-electron chi connectivity index (χ0n) is 10.2. The predicted molar refractivity (Wildman–Crippen MR) is 72.4 cm³/mol. The second-order valence-electron chi connectivity index (χ2n) is 4.52. The summed E-state index contributed by atoms with van der Waals surface area (Å²) in [6, 6.07) is 8.81. The van der Waals surface area contributed by atoms with Crippen LogP contribution in [0.5, 0.6) is 0 Å². The first-order valence-corrected chi connectivity index (χ1v) is 7.61. The second kappa shape index (κ2) is 6.11. The maximum atomic E-state index is 12.0. The summed E-state index contributed by atoms with van der Waals surface area (Å²) in [5.74, 6) is 1.19. The van der Waals surface area contributed by atoms with Crippen molar-refractivity contribution in [1.82, 2.24) is 5.32 Å². The van der Waals surface area contributed by atoms with Crippen LogP contribution in [-0.4, -0.2) is 27.7 Å². The average Bonchev–Trinajstić information content (AvgIpc) is 2.41. The smallest absolute Gasteiger partial charge is 0.241 e. The van der Waals surface area contributed by atoms with Gasteiger partial charge in [0.05, 0.1) is 0 Å². The van der Waals surface area contributed by atoms with Crippen LogP contribution < -0.4 is 11.1 Å². The van der Waals surface area contributed by atoms with E-state index < -0.39 is 16.8 Å². The molecule has 1 aromatic rings. The first-order chi connectivity index (χ1) is 8.66. The van der Waals surface area contributed by atoms with Gasteiger partial charge in [0, 0.05) is 28.3 Å². The quantitative estimate of drug-likeness (QED) is 0.846. The standard InChI is InChI=1S/C13H18N2O2S/c14-12(10-4-2-1-3-5-10)13(16)15-11-6-8-18(17)9-7-11/h1-5,11-12H,6-9,14H2,(H,15,16)/t11?,12-,18?/m0/s1. The van der Waals surface area contributed by atoms with Crippen LogP contribution in [-0.2, 0) is 15.6 Å². The van der Waals surface area contributed by atoms with Gasteiger partial charge in [0.25, 0.3) is 0 Å². The molecular weight excluding hydrogens is 248 g/mol. The van der Waals surface area contributed by atoms with Crippen LogP contribution in [0.15, 0.2) is 30.3 Å².